The molecule has 3 rings (SSSR count). The quantitative estimate of drug-likeness (QED) is 0.269. The van der Waals surface area contributed by atoms with Crippen LogP contribution in [-0.4, -0.2) is 58.9 Å². The van der Waals surface area contributed by atoms with E-state index in [0.29, 0.717) is 34.9 Å². The van der Waals surface area contributed by atoms with Gasteiger partial charge in [0, 0.05) is 36.6 Å². The van der Waals surface area contributed by atoms with Crippen LogP contribution in [0, 0.1) is 3.57 Å². The summed E-state index contributed by atoms with van der Waals surface area (Å²) in [6.45, 7) is 1.46. The van der Waals surface area contributed by atoms with Crippen molar-refractivity contribution in [3.05, 3.63) is 69.3 Å². The second-order valence-corrected chi connectivity index (χ2v) is 9.41. The fourth-order valence-corrected chi connectivity index (χ4v) is 4.08. The van der Waals surface area contributed by atoms with Gasteiger partial charge in [-0.05, 0) is 73.9 Å². The lowest BCUT2D eigenvalue weighted by molar-refractivity contribution is 0.0942. The number of benzene rings is 1. The smallest absolute Gasteiger partial charge is 0.272 e. The van der Waals surface area contributed by atoms with Gasteiger partial charge in [-0.1, -0.05) is 12.1 Å². The summed E-state index contributed by atoms with van der Waals surface area (Å²) in [4.78, 5) is 40.0. The number of hydrogen-bond acceptors (Lipinski definition) is 4. The molecule has 0 radical (unpaired) electrons. The molecule has 0 aliphatic heterocycles. The van der Waals surface area contributed by atoms with Gasteiger partial charge in [0.05, 0.1) is 16.9 Å². The van der Waals surface area contributed by atoms with Gasteiger partial charge in [-0.15, -0.1) is 0 Å². The lowest BCUT2D eigenvalue weighted by Gasteiger charge is -2.10. The van der Waals surface area contributed by atoms with Crippen molar-refractivity contribution < 1.29 is 14.4 Å². The van der Waals surface area contributed by atoms with E-state index in [-0.39, 0.29) is 17.7 Å². The van der Waals surface area contributed by atoms with E-state index >= 15 is 0 Å². The fourth-order valence-electron chi connectivity index (χ4n) is 3.44. The third kappa shape index (κ3) is 6.48. The number of aryl methyl sites for hydroxylation is 2. The van der Waals surface area contributed by atoms with Crippen molar-refractivity contribution in [2.24, 2.45) is 14.1 Å². The Morgan fingerprint density at radius 2 is 1.44 bits per heavy atom. The summed E-state index contributed by atoms with van der Waals surface area (Å²) < 4.78 is 4.16. The lowest BCUT2D eigenvalue weighted by Crippen LogP contribution is -2.28. The molecule has 0 bridgehead atoms. The van der Waals surface area contributed by atoms with Crippen LogP contribution < -0.4 is 16.0 Å². The van der Waals surface area contributed by atoms with Gasteiger partial charge in [0.25, 0.3) is 17.7 Å². The van der Waals surface area contributed by atoms with E-state index < -0.39 is 0 Å². The molecular weight excluding hydrogens is 547 g/mol. The van der Waals surface area contributed by atoms with Crippen LogP contribution in [0.4, 0.5) is 11.4 Å². The topological polar surface area (TPSA) is 100 Å². The Morgan fingerprint density at radius 1 is 0.882 bits per heavy atom. The Labute approximate surface area is 212 Å². The van der Waals surface area contributed by atoms with Gasteiger partial charge in [0.1, 0.15) is 11.4 Å². The molecule has 0 aliphatic rings. The van der Waals surface area contributed by atoms with Crippen LogP contribution in [-0.2, 0) is 14.1 Å². The molecule has 9 nitrogen and oxygen atoms in total. The lowest BCUT2D eigenvalue weighted by atomic mass is 10.2. The van der Waals surface area contributed by atoms with Crippen LogP contribution in [0.3, 0.4) is 0 Å². The van der Waals surface area contributed by atoms with Crippen molar-refractivity contribution in [3.63, 3.8) is 0 Å². The number of anilines is 2. The van der Waals surface area contributed by atoms with E-state index in [1.54, 1.807) is 59.9 Å². The van der Waals surface area contributed by atoms with E-state index in [9.17, 15) is 14.4 Å². The van der Waals surface area contributed by atoms with E-state index in [1.165, 1.54) is 0 Å². The molecule has 1 aromatic carbocycles. The van der Waals surface area contributed by atoms with Gasteiger partial charge in [0.15, 0.2) is 0 Å². The van der Waals surface area contributed by atoms with Crippen molar-refractivity contribution in [1.82, 2.24) is 19.4 Å². The molecule has 0 saturated heterocycles. The SMILES string of the molecule is CN(C)CCCNC(=O)c1cc(NC(=O)c2cc(NC(=O)c3ccccc3I)cn2C)cn1C. The summed E-state index contributed by atoms with van der Waals surface area (Å²) in [5.74, 6) is -0.783. The number of carbonyl (C=O) groups excluding carboxylic acids is 3. The molecule has 0 atom stereocenters. The molecule has 34 heavy (non-hydrogen) atoms. The van der Waals surface area contributed by atoms with Crippen molar-refractivity contribution in [1.29, 1.82) is 0 Å². The minimum Gasteiger partial charge on any atom is -0.351 e. The Morgan fingerprint density at radius 3 is 2.03 bits per heavy atom. The molecule has 2 heterocycles. The zero-order valence-electron chi connectivity index (χ0n) is 19.7. The zero-order valence-corrected chi connectivity index (χ0v) is 21.8. The van der Waals surface area contributed by atoms with E-state index in [1.807, 2.05) is 26.2 Å². The van der Waals surface area contributed by atoms with Crippen LogP contribution in [0.15, 0.2) is 48.8 Å². The summed E-state index contributed by atoms with van der Waals surface area (Å²) in [7, 11) is 7.46. The first-order chi connectivity index (χ1) is 16.2. The molecule has 0 spiro atoms. The number of halogens is 1. The van der Waals surface area contributed by atoms with Crippen LogP contribution >= 0.6 is 22.6 Å². The van der Waals surface area contributed by atoms with Crippen LogP contribution in [0.5, 0.6) is 0 Å². The number of carbonyl (C=O) groups is 3. The first kappa shape index (κ1) is 25.5. The molecule has 3 N–H and O–H groups in total. The van der Waals surface area contributed by atoms with Crippen LogP contribution in [0.1, 0.15) is 37.8 Å². The largest absolute Gasteiger partial charge is 0.351 e. The monoisotopic (exact) mass is 576 g/mol. The Balaban J connectivity index is 1.63. The Kier molecular flexibility index (Phi) is 8.51. The maximum Gasteiger partial charge on any atom is 0.272 e. The van der Waals surface area contributed by atoms with Gasteiger partial charge >= 0.3 is 0 Å². The third-order valence-corrected chi connectivity index (χ3v) is 6.12. The van der Waals surface area contributed by atoms with Crippen LogP contribution in [0.25, 0.3) is 0 Å². The van der Waals surface area contributed by atoms with Crippen molar-refractivity contribution in [2.45, 2.75) is 6.42 Å². The standard InChI is InChI=1S/C24H29IN6O3/c1-29(2)11-7-10-26-23(33)20-12-17(15-30(20)3)28-24(34)21-13-16(14-31(21)4)27-22(32)18-8-5-6-9-19(18)25/h5-6,8-9,12-15H,7,10-11H2,1-4H3,(H,26,33)(H,27,32)(H,28,34). The van der Waals surface area contributed by atoms with E-state index in [2.05, 4.69) is 43.4 Å². The predicted octanol–water partition coefficient (Wildman–Crippen LogP) is 3.15. The average molecular weight is 576 g/mol. The van der Waals surface area contributed by atoms with Gasteiger partial charge < -0.3 is 30.0 Å². The summed E-state index contributed by atoms with van der Waals surface area (Å²) in [6.07, 6.45) is 4.22. The van der Waals surface area contributed by atoms with Gasteiger partial charge in [-0.25, -0.2) is 0 Å². The summed E-state index contributed by atoms with van der Waals surface area (Å²) in [5.41, 5.74) is 2.42. The van der Waals surface area contributed by atoms with E-state index in [0.717, 1.165) is 16.5 Å². The van der Waals surface area contributed by atoms with Crippen molar-refractivity contribution in [2.75, 3.05) is 37.8 Å². The second kappa shape index (κ2) is 11.3. The molecule has 0 unspecified atom stereocenters. The predicted molar refractivity (Wildman–Crippen MR) is 141 cm³/mol. The molecule has 3 aromatic rings. The summed E-state index contributed by atoms with van der Waals surface area (Å²) in [6, 6.07) is 10.5. The normalized spacial score (nSPS) is 10.9. The fraction of sp³-hybridized carbons (Fsp3) is 0.292. The number of hydrogen-bond donors (Lipinski definition) is 3. The van der Waals surface area contributed by atoms with Gasteiger partial charge in [-0.2, -0.15) is 0 Å². The number of nitrogens with zero attached hydrogens (tertiary/aromatic N) is 3. The second-order valence-electron chi connectivity index (χ2n) is 8.25. The molecule has 10 heteroatoms. The van der Waals surface area contributed by atoms with Gasteiger partial charge in [0.2, 0.25) is 0 Å². The Hall–Kier alpha value is -3.12. The summed E-state index contributed by atoms with van der Waals surface area (Å²) >= 11 is 2.11. The molecule has 180 valence electrons. The zero-order chi connectivity index (χ0) is 24.8. The summed E-state index contributed by atoms with van der Waals surface area (Å²) in [5, 5.41) is 8.55. The van der Waals surface area contributed by atoms with Crippen molar-refractivity contribution >= 4 is 51.7 Å². The molecule has 0 aliphatic carbocycles. The number of amides is 3. The van der Waals surface area contributed by atoms with E-state index in [4.69, 9.17) is 0 Å². The first-order valence-electron chi connectivity index (χ1n) is 10.8. The minimum atomic E-state index is -0.346. The number of aromatic nitrogens is 2. The maximum atomic E-state index is 12.9. The third-order valence-electron chi connectivity index (χ3n) is 5.18. The number of rotatable bonds is 9. The van der Waals surface area contributed by atoms with Crippen molar-refractivity contribution in [3.8, 4) is 0 Å². The maximum absolute atomic E-state index is 12.9. The number of nitrogens with one attached hydrogen (secondary N) is 3. The Bertz CT molecular complexity index is 1200. The first-order valence-corrected chi connectivity index (χ1v) is 11.9. The minimum absolute atomic E-state index is 0.193. The molecule has 0 saturated carbocycles. The molecule has 2 aromatic heterocycles. The average Bonchev–Trinajstić information content (AvgIpc) is 3.32. The molecule has 0 fully saturated rings. The van der Waals surface area contributed by atoms with Gasteiger partial charge in [-0.3, -0.25) is 14.4 Å². The highest BCUT2D eigenvalue weighted by molar-refractivity contribution is 14.1. The highest BCUT2D eigenvalue weighted by atomic mass is 127. The molecule has 3 amide bonds. The highest BCUT2D eigenvalue weighted by Gasteiger charge is 2.17. The van der Waals surface area contributed by atoms with Crippen LogP contribution in [0.2, 0.25) is 0 Å². The highest BCUT2D eigenvalue weighted by Crippen LogP contribution is 2.19. The molecular formula is C24H29IN6O3.